The van der Waals surface area contributed by atoms with Crippen molar-refractivity contribution >= 4 is 28.3 Å². The number of esters is 1. The molecule has 1 aromatic heterocycles. The van der Waals surface area contributed by atoms with Crippen molar-refractivity contribution in [3.05, 3.63) is 40.3 Å². The first-order valence-corrected chi connectivity index (χ1v) is 12.3. The highest BCUT2D eigenvalue weighted by atomic mass is 16.5. The summed E-state index contributed by atoms with van der Waals surface area (Å²) in [5, 5.41) is 1.44. The van der Waals surface area contributed by atoms with Gasteiger partial charge in [0.05, 0.1) is 11.7 Å². The molecule has 4 aliphatic carbocycles. The van der Waals surface area contributed by atoms with Gasteiger partial charge in [-0.3, -0.25) is 14.4 Å². The molecule has 4 bridgehead atoms. The molecule has 0 spiro atoms. The Morgan fingerprint density at radius 2 is 1.67 bits per heavy atom. The Balaban J connectivity index is 1.62. The van der Waals surface area contributed by atoms with E-state index >= 15 is 0 Å². The Morgan fingerprint density at radius 1 is 1.06 bits per heavy atom. The van der Waals surface area contributed by atoms with Gasteiger partial charge in [-0.15, -0.1) is 0 Å². The van der Waals surface area contributed by atoms with E-state index in [0.29, 0.717) is 23.1 Å². The second-order valence-corrected chi connectivity index (χ2v) is 10.9. The fraction of sp³-hybridized carbons (Fsp3) is 0.593. The van der Waals surface area contributed by atoms with E-state index in [1.807, 2.05) is 32.0 Å². The molecule has 1 atom stereocenters. The van der Waals surface area contributed by atoms with Crippen LogP contribution in [0.5, 0.6) is 0 Å². The number of rotatable bonds is 5. The number of aryl methyl sites for hydroxylation is 1. The summed E-state index contributed by atoms with van der Waals surface area (Å²) in [6.07, 6.45) is 8.93. The van der Waals surface area contributed by atoms with Crippen LogP contribution in [0.25, 0.3) is 10.8 Å². The van der Waals surface area contributed by atoms with E-state index in [2.05, 4.69) is 4.90 Å². The highest BCUT2D eigenvalue weighted by Gasteiger charge is 2.55. The molecule has 4 saturated carbocycles. The Hall–Kier alpha value is -2.63. The molecule has 6 heteroatoms. The molecule has 4 fully saturated rings. The van der Waals surface area contributed by atoms with E-state index in [1.54, 1.807) is 17.7 Å². The van der Waals surface area contributed by atoms with Gasteiger partial charge in [-0.05, 0) is 87.8 Å². The van der Waals surface area contributed by atoms with Crippen LogP contribution in [0.15, 0.2) is 29.2 Å². The van der Waals surface area contributed by atoms with Crippen molar-refractivity contribution in [1.82, 2.24) is 4.57 Å². The standard InChI is InChI=1S/C27H34N2O4/c1-16-5-6-24-23(7-8-28(26(24)32)17(2)15-33-19(4)31)25(16)29(18(3)30)27-12-20-9-21(13-27)11-22(10-20)14-27/h5-8,17,20-22H,9-15H2,1-4H3. The van der Waals surface area contributed by atoms with Gasteiger partial charge in [0.1, 0.15) is 6.61 Å². The van der Waals surface area contributed by atoms with Gasteiger partial charge in [0.25, 0.3) is 5.56 Å². The zero-order valence-electron chi connectivity index (χ0n) is 20.1. The number of fused-ring (bicyclic) bond motifs is 1. The molecule has 0 aliphatic heterocycles. The summed E-state index contributed by atoms with van der Waals surface area (Å²) in [7, 11) is 0. The van der Waals surface area contributed by atoms with Crippen molar-refractivity contribution < 1.29 is 14.3 Å². The Kier molecular flexibility index (Phi) is 5.37. The van der Waals surface area contributed by atoms with Gasteiger partial charge in [0.2, 0.25) is 5.91 Å². The molecule has 1 amide bonds. The van der Waals surface area contributed by atoms with Gasteiger partial charge in [-0.25, -0.2) is 0 Å². The van der Waals surface area contributed by atoms with Crippen molar-refractivity contribution in [2.24, 2.45) is 17.8 Å². The molecule has 6 rings (SSSR count). The first-order chi connectivity index (χ1) is 15.7. The SMILES string of the molecule is CC(=O)OCC(C)n1ccc2c(N(C(C)=O)C34CC5CC(CC(C5)C3)C4)c(C)ccc2c1=O. The highest BCUT2D eigenvalue weighted by Crippen LogP contribution is 2.59. The predicted octanol–water partition coefficient (Wildman–Crippen LogP) is 4.76. The smallest absolute Gasteiger partial charge is 0.302 e. The molecule has 33 heavy (non-hydrogen) atoms. The number of pyridine rings is 1. The zero-order chi connectivity index (χ0) is 23.5. The molecular formula is C27H34N2O4. The number of anilines is 1. The summed E-state index contributed by atoms with van der Waals surface area (Å²) in [6.45, 7) is 7.10. The Bertz CT molecular complexity index is 1150. The number of hydrogen-bond acceptors (Lipinski definition) is 4. The van der Waals surface area contributed by atoms with Crippen LogP contribution in [-0.2, 0) is 14.3 Å². The van der Waals surface area contributed by atoms with Crippen molar-refractivity contribution in [3.63, 3.8) is 0 Å². The van der Waals surface area contributed by atoms with Crippen molar-refractivity contribution in [3.8, 4) is 0 Å². The normalized spacial score (nSPS) is 28.7. The number of carbonyl (C=O) groups excluding carboxylic acids is 2. The second-order valence-electron chi connectivity index (χ2n) is 10.9. The molecule has 1 aromatic carbocycles. The summed E-state index contributed by atoms with van der Waals surface area (Å²) in [4.78, 5) is 40.0. The van der Waals surface area contributed by atoms with Crippen LogP contribution in [-0.4, -0.2) is 28.6 Å². The van der Waals surface area contributed by atoms with E-state index in [9.17, 15) is 14.4 Å². The van der Waals surface area contributed by atoms with E-state index in [0.717, 1.165) is 35.9 Å². The lowest BCUT2D eigenvalue weighted by molar-refractivity contribution is -0.142. The Morgan fingerprint density at radius 3 is 2.21 bits per heavy atom. The largest absolute Gasteiger partial charge is 0.464 e. The van der Waals surface area contributed by atoms with Crippen LogP contribution in [0.2, 0.25) is 0 Å². The maximum Gasteiger partial charge on any atom is 0.302 e. The van der Waals surface area contributed by atoms with Crippen LogP contribution in [0.3, 0.4) is 0 Å². The van der Waals surface area contributed by atoms with Gasteiger partial charge >= 0.3 is 5.97 Å². The van der Waals surface area contributed by atoms with Crippen LogP contribution in [0, 0.1) is 24.7 Å². The summed E-state index contributed by atoms with van der Waals surface area (Å²) in [5.41, 5.74) is 1.68. The lowest BCUT2D eigenvalue weighted by Crippen LogP contribution is -2.61. The second kappa shape index (κ2) is 8.00. The zero-order valence-corrected chi connectivity index (χ0v) is 20.1. The predicted molar refractivity (Wildman–Crippen MR) is 128 cm³/mol. The minimum atomic E-state index is -0.360. The van der Waals surface area contributed by atoms with Crippen LogP contribution in [0.1, 0.15) is 70.9 Å². The molecule has 0 radical (unpaired) electrons. The van der Waals surface area contributed by atoms with Crippen LogP contribution < -0.4 is 10.5 Å². The number of carbonyl (C=O) groups is 2. The van der Waals surface area contributed by atoms with Gasteiger partial charge < -0.3 is 14.2 Å². The van der Waals surface area contributed by atoms with Crippen molar-refractivity contribution in [2.75, 3.05) is 11.5 Å². The molecule has 1 heterocycles. The molecule has 1 unspecified atom stereocenters. The van der Waals surface area contributed by atoms with Gasteiger partial charge in [0.15, 0.2) is 0 Å². The summed E-state index contributed by atoms with van der Waals surface area (Å²) >= 11 is 0. The molecule has 0 saturated heterocycles. The molecule has 2 aromatic rings. The van der Waals surface area contributed by atoms with Gasteiger partial charge in [-0.1, -0.05) is 6.07 Å². The number of amides is 1. The molecule has 176 valence electrons. The average Bonchev–Trinajstić information content (AvgIpc) is 2.72. The third kappa shape index (κ3) is 3.68. The summed E-state index contributed by atoms with van der Waals surface area (Å²) in [5.74, 6) is 1.86. The van der Waals surface area contributed by atoms with E-state index in [1.165, 1.54) is 26.2 Å². The first kappa shape index (κ1) is 22.2. The van der Waals surface area contributed by atoms with E-state index in [-0.39, 0.29) is 35.6 Å². The number of hydrogen-bond donors (Lipinski definition) is 0. The van der Waals surface area contributed by atoms with E-state index < -0.39 is 0 Å². The number of benzene rings is 1. The van der Waals surface area contributed by atoms with Gasteiger partial charge in [0, 0.05) is 36.4 Å². The first-order valence-electron chi connectivity index (χ1n) is 12.3. The fourth-order valence-corrected chi connectivity index (χ4v) is 7.46. The number of ether oxygens (including phenoxy) is 1. The fourth-order valence-electron chi connectivity index (χ4n) is 7.46. The highest BCUT2D eigenvalue weighted by molar-refractivity contribution is 6.05. The maximum atomic E-state index is 13.4. The average molecular weight is 451 g/mol. The minimum Gasteiger partial charge on any atom is -0.464 e. The minimum absolute atomic E-state index is 0.0694. The third-order valence-electron chi connectivity index (χ3n) is 8.31. The summed E-state index contributed by atoms with van der Waals surface area (Å²) in [6, 6.07) is 5.52. The van der Waals surface area contributed by atoms with Crippen LogP contribution in [0.4, 0.5) is 5.69 Å². The van der Waals surface area contributed by atoms with Crippen LogP contribution >= 0.6 is 0 Å². The topological polar surface area (TPSA) is 68.6 Å². The lowest BCUT2D eigenvalue weighted by Gasteiger charge is -2.60. The maximum absolute atomic E-state index is 13.4. The van der Waals surface area contributed by atoms with Crippen molar-refractivity contribution in [2.45, 2.75) is 77.8 Å². The number of nitrogens with zero attached hydrogens (tertiary/aromatic N) is 2. The monoisotopic (exact) mass is 450 g/mol. The Labute approximate surface area is 194 Å². The van der Waals surface area contributed by atoms with Gasteiger partial charge in [-0.2, -0.15) is 0 Å². The molecular weight excluding hydrogens is 416 g/mol. The third-order valence-corrected chi connectivity index (χ3v) is 8.31. The van der Waals surface area contributed by atoms with Crippen molar-refractivity contribution in [1.29, 1.82) is 0 Å². The molecule has 4 aliphatic rings. The number of aromatic nitrogens is 1. The lowest BCUT2D eigenvalue weighted by atomic mass is 9.52. The molecule has 6 nitrogen and oxygen atoms in total. The quantitative estimate of drug-likeness (QED) is 0.616. The summed E-state index contributed by atoms with van der Waals surface area (Å²) < 4.78 is 6.74. The molecule has 0 N–H and O–H groups in total. The van der Waals surface area contributed by atoms with E-state index in [4.69, 9.17) is 4.74 Å².